The molecule has 0 aromatic rings. The van der Waals surface area contributed by atoms with Crippen LogP contribution in [-0.2, 0) is 18.8 Å². The van der Waals surface area contributed by atoms with Crippen molar-refractivity contribution in [2.24, 2.45) is 5.73 Å². The van der Waals surface area contributed by atoms with Crippen LogP contribution >= 0.6 is 0 Å². The Labute approximate surface area is 164 Å². The predicted octanol–water partition coefficient (Wildman–Crippen LogP) is 3.26. The third-order valence-corrected chi connectivity index (χ3v) is 5.97. The lowest BCUT2D eigenvalue weighted by Gasteiger charge is -2.32. The number of aliphatic hydroxyl groups is 2. The molecular weight excluding hydrogens is 370 g/mol. The zero-order valence-corrected chi connectivity index (χ0v) is 17.5. The molecule has 0 aromatic carbocycles. The summed E-state index contributed by atoms with van der Waals surface area (Å²) in [4.78, 5) is 0. The summed E-state index contributed by atoms with van der Waals surface area (Å²) in [5, 5.41) is 20.1. The molecule has 7 nitrogen and oxygen atoms in total. The second-order valence-corrected chi connectivity index (χ2v) is 8.70. The normalized spacial score (nSPS) is 28.8. The van der Waals surface area contributed by atoms with Crippen LogP contribution < -0.4 is 5.73 Å². The van der Waals surface area contributed by atoms with Crippen molar-refractivity contribution in [3.8, 4) is 0 Å². The Morgan fingerprint density at radius 1 is 0.963 bits per heavy atom. The summed E-state index contributed by atoms with van der Waals surface area (Å²) < 4.78 is 31.6. The Kier molecular flexibility index (Phi) is 10.4. The summed E-state index contributed by atoms with van der Waals surface area (Å²) in [6, 6.07) is 0. The summed E-state index contributed by atoms with van der Waals surface area (Å²) in [5.41, 5.74) is 3.46. The number of allylic oxidation sites excluding steroid dienone is 1. The van der Waals surface area contributed by atoms with Gasteiger partial charge >= 0.3 is 10.4 Å². The third kappa shape index (κ3) is 8.17. The van der Waals surface area contributed by atoms with E-state index in [0.29, 0.717) is 0 Å². The maximum atomic E-state index is 11.3. The van der Waals surface area contributed by atoms with E-state index in [1.165, 1.54) is 63.9 Å². The fourth-order valence-electron chi connectivity index (χ4n) is 3.15. The lowest BCUT2D eigenvalue weighted by Crippen LogP contribution is -2.63. The van der Waals surface area contributed by atoms with Crippen molar-refractivity contribution in [1.29, 1.82) is 0 Å². The average Bonchev–Trinajstić information content (AvgIpc) is 2.75. The molecule has 3 atom stereocenters. The van der Waals surface area contributed by atoms with Gasteiger partial charge in [-0.3, -0.25) is 5.73 Å². The zero-order valence-electron chi connectivity index (χ0n) is 16.7. The first-order valence-electron chi connectivity index (χ1n) is 10.2. The van der Waals surface area contributed by atoms with Gasteiger partial charge in [0.2, 0.25) is 11.5 Å². The van der Waals surface area contributed by atoms with Crippen LogP contribution in [0.15, 0.2) is 12.2 Å². The van der Waals surface area contributed by atoms with Gasteiger partial charge in [-0.05, 0) is 19.8 Å². The summed E-state index contributed by atoms with van der Waals surface area (Å²) >= 11 is 0. The molecule has 0 aliphatic carbocycles. The molecule has 160 valence electrons. The van der Waals surface area contributed by atoms with Gasteiger partial charge in [0.1, 0.15) is 6.10 Å². The molecule has 1 rings (SSSR count). The van der Waals surface area contributed by atoms with Crippen molar-refractivity contribution in [2.45, 2.75) is 109 Å². The lowest BCUT2D eigenvalue weighted by atomic mass is 9.98. The van der Waals surface area contributed by atoms with E-state index in [4.69, 9.17) is 5.73 Å². The second kappa shape index (κ2) is 11.5. The van der Waals surface area contributed by atoms with Crippen LogP contribution in [-0.4, -0.2) is 36.2 Å². The number of hydrogen-bond donors (Lipinski definition) is 3. The molecule has 0 saturated carbocycles. The van der Waals surface area contributed by atoms with Crippen LogP contribution in [0.3, 0.4) is 0 Å². The number of unbranched alkanes of at least 4 members (excludes halogenated alkanes) is 11. The molecule has 1 aliphatic heterocycles. The van der Waals surface area contributed by atoms with Gasteiger partial charge in [-0.25, -0.2) is 8.37 Å². The minimum atomic E-state index is -4.43. The first kappa shape index (κ1) is 24.5. The fraction of sp³-hybridized carbons (Fsp3) is 0.895. The summed E-state index contributed by atoms with van der Waals surface area (Å²) in [7, 11) is -4.43. The minimum absolute atomic E-state index is 0.736. The van der Waals surface area contributed by atoms with Crippen LogP contribution in [0.4, 0.5) is 0 Å². The van der Waals surface area contributed by atoms with Gasteiger partial charge in [0.15, 0.2) is 0 Å². The molecule has 0 spiro atoms. The summed E-state index contributed by atoms with van der Waals surface area (Å²) in [6.07, 6.45) is 16.1. The van der Waals surface area contributed by atoms with Crippen LogP contribution in [0.1, 0.15) is 90.9 Å². The van der Waals surface area contributed by atoms with E-state index in [1.807, 2.05) is 0 Å². The van der Waals surface area contributed by atoms with Gasteiger partial charge in [-0.2, -0.15) is 8.42 Å². The molecule has 1 heterocycles. The Morgan fingerprint density at radius 2 is 1.44 bits per heavy atom. The van der Waals surface area contributed by atoms with E-state index in [2.05, 4.69) is 15.3 Å². The maximum absolute atomic E-state index is 11.3. The quantitative estimate of drug-likeness (QED) is 0.299. The highest BCUT2D eigenvalue weighted by Gasteiger charge is 2.62. The van der Waals surface area contributed by atoms with E-state index in [0.717, 1.165) is 26.2 Å². The van der Waals surface area contributed by atoms with Crippen LogP contribution in [0.2, 0.25) is 0 Å². The largest absolute Gasteiger partial charge is 0.404 e. The molecule has 0 radical (unpaired) electrons. The van der Waals surface area contributed by atoms with Gasteiger partial charge in [0.25, 0.3) is 0 Å². The van der Waals surface area contributed by atoms with Gasteiger partial charge in [0, 0.05) is 0 Å². The molecule has 0 bridgehead atoms. The van der Waals surface area contributed by atoms with Crippen molar-refractivity contribution in [3.05, 3.63) is 12.2 Å². The summed E-state index contributed by atoms with van der Waals surface area (Å²) in [6.45, 7) is 3.27. The van der Waals surface area contributed by atoms with E-state index in [-0.39, 0.29) is 0 Å². The molecule has 0 aromatic heterocycles. The van der Waals surface area contributed by atoms with E-state index >= 15 is 0 Å². The Balaban J connectivity index is 2.14. The lowest BCUT2D eigenvalue weighted by molar-refractivity contribution is -0.214. The van der Waals surface area contributed by atoms with Crippen LogP contribution in [0, 0.1) is 0 Å². The van der Waals surface area contributed by atoms with E-state index < -0.39 is 28.0 Å². The first-order valence-corrected chi connectivity index (χ1v) is 11.5. The summed E-state index contributed by atoms with van der Waals surface area (Å²) in [5.74, 6) is -2.34. The zero-order chi connectivity index (χ0) is 20.4. The monoisotopic (exact) mass is 407 g/mol. The molecule has 27 heavy (non-hydrogen) atoms. The maximum Gasteiger partial charge on any atom is 0.404 e. The van der Waals surface area contributed by atoms with E-state index in [9.17, 15) is 18.6 Å². The Hall–Kier alpha value is -0.510. The molecule has 0 amide bonds. The fourth-order valence-corrected chi connectivity index (χ4v) is 4.30. The van der Waals surface area contributed by atoms with Crippen molar-refractivity contribution in [3.63, 3.8) is 0 Å². The molecule has 1 saturated heterocycles. The molecule has 1 unspecified atom stereocenters. The van der Waals surface area contributed by atoms with Gasteiger partial charge < -0.3 is 10.2 Å². The molecule has 1 aliphatic rings. The average molecular weight is 408 g/mol. The smallest absolute Gasteiger partial charge is 0.384 e. The van der Waals surface area contributed by atoms with Crippen molar-refractivity contribution < 1.29 is 27.0 Å². The standard InChI is InChI=1S/C19H37NO6S/c1-3-4-5-6-7-8-9-10-11-12-13-14-15-16-17(21)19(20)18(2,22)25-27(23,24)26-19/h15-17,21-22H,3-14,20H2,1-2H3/b16-15+/t17-,18?,19+/m1/s1. The number of hydrogen-bond acceptors (Lipinski definition) is 7. The number of rotatable bonds is 14. The second-order valence-electron chi connectivity index (χ2n) is 7.55. The number of aliphatic hydroxyl groups excluding tert-OH is 1. The first-order chi connectivity index (χ1) is 12.6. The SMILES string of the molecule is CCCCCCCCCCCCC/C=C/[C@@H](O)[C@]1(N)OS(=O)(=O)OC1(C)O. The Bertz CT molecular complexity index is 548. The minimum Gasteiger partial charge on any atom is -0.384 e. The number of nitrogens with two attached hydrogens (primary N) is 1. The highest BCUT2D eigenvalue weighted by molar-refractivity contribution is 7.82. The molecule has 8 heteroatoms. The van der Waals surface area contributed by atoms with Crippen molar-refractivity contribution in [1.82, 2.24) is 0 Å². The van der Waals surface area contributed by atoms with Gasteiger partial charge in [-0.1, -0.05) is 83.3 Å². The highest BCUT2D eigenvalue weighted by Crippen LogP contribution is 2.37. The van der Waals surface area contributed by atoms with E-state index in [1.54, 1.807) is 6.08 Å². The predicted molar refractivity (Wildman–Crippen MR) is 105 cm³/mol. The molecule has 1 fully saturated rings. The van der Waals surface area contributed by atoms with Crippen LogP contribution in [0.5, 0.6) is 0 Å². The topological polar surface area (TPSA) is 119 Å². The third-order valence-electron chi connectivity index (χ3n) is 4.96. The molecule has 4 N–H and O–H groups in total. The molecular formula is C19H37NO6S. The van der Waals surface area contributed by atoms with Gasteiger partial charge in [0.05, 0.1) is 0 Å². The Morgan fingerprint density at radius 3 is 1.89 bits per heavy atom. The highest BCUT2D eigenvalue weighted by atomic mass is 32.3. The van der Waals surface area contributed by atoms with Crippen LogP contribution in [0.25, 0.3) is 0 Å². The van der Waals surface area contributed by atoms with Gasteiger partial charge in [-0.15, -0.1) is 0 Å². The van der Waals surface area contributed by atoms with Crippen molar-refractivity contribution >= 4 is 10.4 Å². The van der Waals surface area contributed by atoms with Crippen molar-refractivity contribution in [2.75, 3.05) is 0 Å².